The summed E-state index contributed by atoms with van der Waals surface area (Å²) in [5.41, 5.74) is 0.701. The summed E-state index contributed by atoms with van der Waals surface area (Å²) >= 11 is 0. The molecule has 1 aromatic heterocycles. The Labute approximate surface area is 98.7 Å². The Kier molecular flexibility index (Phi) is 5.00. The van der Waals surface area contributed by atoms with Crippen LogP contribution < -0.4 is 0 Å². The van der Waals surface area contributed by atoms with Crippen molar-refractivity contribution in [2.24, 2.45) is 0 Å². The van der Waals surface area contributed by atoms with Crippen LogP contribution in [0.4, 0.5) is 0 Å². The van der Waals surface area contributed by atoms with Crippen LogP contribution in [0.2, 0.25) is 0 Å². The van der Waals surface area contributed by atoms with Crippen molar-refractivity contribution in [3.8, 4) is 0 Å². The molecule has 0 bridgehead atoms. The van der Waals surface area contributed by atoms with Crippen LogP contribution in [0.1, 0.15) is 30.9 Å². The minimum atomic E-state index is -0.923. The number of hydrogen-bond donors (Lipinski definition) is 1. The Morgan fingerprint density at radius 1 is 1.53 bits per heavy atom. The van der Waals surface area contributed by atoms with Crippen molar-refractivity contribution in [1.82, 2.24) is 0 Å². The molecule has 0 aliphatic carbocycles. The van der Waals surface area contributed by atoms with Crippen LogP contribution in [-0.4, -0.2) is 17.0 Å². The predicted octanol–water partition coefficient (Wildman–Crippen LogP) is 2.30. The summed E-state index contributed by atoms with van der Waals surface area (Å²) < 4.78 is 9.99. The average Bonchev–Trinajstić information content (AvgIpc) is 2.78. The number of carboxylic acids is 1. The third kappa shape index (κ3) is 4.55. The zero-order chi connectivity index (χ0) is 12.7. The number of furan rings is 1. The maximum atomic E-state index is 11.4. The van der Waals surface area contributed by atoms with Gasteiger partial charge in [-0.1, -0.05) is 6.58 Å². The van der Waals surface area contributed by atoms with Crippen LogP contribution in [0.25, 0.3) is 0 Å². The van der Waals surface area contributed by atoms with Gasteiger partial charge < -0.3 is 14.3 Å². The van der Waals surface area contributed by atoms with Crippen molar-refractivity contribution < 1.29 is 23.8 Å². The van der Waals surface area contributed by atoms with Crippen LogP contribution in [0, 0.1) is 0 Å². The summed E-state index contributed by atoms with van der Waals surface area (Å²) in [6.45, 7) is 3.57. The molecule has 1 atom stereocenters. The summed E-state index contributed by atoms with van der Waals surface area (Å²) in [5, 5.41) is 8.42. The summed E-state index contributed by atoms with van der Waals surface area (Å²) in [6, 6.07) is 1.68. The molecule has 1 heterocycles. The van der Waals surface area contributed by atoms with Crippen LogP contribution in [0.15, 0.2) is 35.7 Å². The highest BCUT2D eigenvalue weighted by atomic mass is 16.5. The lowest BCUT2D eigenvalue weighted by atomic mass is 10.2. The van der Waals surface area contributed by atoms with Gasteiger partial charge in [-0.05, 0) is 18.6 Å². The van der Waals surface area contributed by atoms with Gasteiger partial charge in [-0.3, -0.25) is 9.59 Å². The Hall–Kier alpha value is -2.04. The van der Waals surface area contributed by atoms with Gasteiger partial charge in [0.2, 0.25) is 0 Å². The van der Waals surface area contributed by atoms with E-state index in [0.717, 1.165) is 0 Å². The third-order valence-corrected chi connectivity index (χ3v) is 2.12. The molecule has 1 rings (SSSR count). The zero-order valence-electron chi connectivity index (χ0n) is 9.30. The molecule has 5 heteroatoms. The van der Waals surface area contributed by atoms with Gasteiger partial charge in [0.15, 0.2) is 0 Å². The van der Waals surface area contributed by atoms with Crippen molar-refractivity contribution in [3.63, 3.8) is 0 Å². The maximum Gasteiger partial charge on any atom is 0.306 e. The lowest BCUT2D eigenvalue weighted by Crippen LogP contribution is -2.09. The first-order valence-corrected chi connectivity index (χ1v) is 5.19. The van der Waals surface area contributed by atoms with Crippen molar-refractivity contribution in [1.29, 1.82) is 0 Å². The normalized spacial score (nSPS) is 11.8. The fourth-order valence-electron chi connectivity index (χ4n) is 1.27. The SMILES string of the molecule is C=C[C@@H](OC(=O)CCCC(=O)O)c1ccoc1. The summed E-state index contributed by atoms with van der Waals surface area (Å²) in [6.07, 6.45) is 4.18. The highest BCUT2D eigenvalue weighted by Gasteiger charge is 2.14. The van der Waals surface area contributed by atoms with E-state index in [9.17, 15) is 9.59 Å². The number of carbonyl (C=O) groups excluding carboxylic acids is 1. The van der Waals surface area contributed by atoms with Crippen molar-refractivity contribution >= 4 is 11.9 Å². The molecule has 0 aromatic carbocycles. The topological polar surface area (TPSA) is 76.7 Å². The molecule has 0 amide bonds. The zero-order valence-corrected chi connectivity index (χ0v) is 9.30. The molecule has 0 radical (unpaired) electrons. The van der Waals surface area contributed by atoms with E-state index >= 15 is 0 Å². The average molecular weight is 238 g/mol. The Morgan fingerprint density at radius 2 is 2.29 bits per heavy atom. The fraction of sp³-hybridized carbons (Fsp3) is 0.333. The highest BCUT2D eigenvalue weighted by Crippen LogP contribution is 2.19. The van der Waals surface area contributed by atoms with Crippen molar-refractivity contribution in [3.05, 3.63) is 36.8 Å². The first-order chi connectivity index (χ1) is 8.13. The summed E-state index contributed by atoms with van der Waals surface area (Å²) in [4.78, 5) is 21.7. The smallest absolute Gasteiger partial charge is 0.306 e. The van der Waals surface area contributed by atoms with Gasteiger partial charge in [-0.2, -0.15) is 0 Å². The van der Waals surface area contributed by atoms with Crippen molar-refractivity contribution in [2.45, 2.75) is 25.4 Å². The predicted molar refractivity (Wildman–Crippen MR) is 59.2 cm³/mol. The molecular formula is C12H14O5. The Balaban J connectivity index is 2.38. The van der Waals surface area contributed by atoms with Gasteiger partial charge in [0.25, 0.3) is 0 Å². The van der Waals surface area contributed by atoms with Crippen molar-refractivity contribution in [2.75, 3.05) is 0 Å². The molecule has 0 aliphatic heterocycles. The second kappa shape index (κ2) is 6.52. The molecule has 0 aliphatic rings. The van der Waals surface area contributed by atoms with Gasteiger partial charge >= 0.3 is 11.9 Å². The minimum absolute atomic E-state index is 0.0421. The van der Waals surface area contributed by atoms with E-state index in [-0.39, 0.29) is 19.3 Å². The molecule has 0 spiro atoms. The van der Waals surface area contributed by atoms with Gasteiger partial charge in [0, 0.05) is 18.4 Å². The second-order valence-corrected chi connectivity index (χ2v) is 3.45. The molecule has 0 saturated carbocycles. The number of ether oxygens (including phenoxy) is 1. The Bertz CT molecular complexity index is 380. The third-order valence-electron chi connectivity index (χ3n) is 2.12. The number of aliphatic carboxylic acids is 1. The number of esters is 1. The van der Waals surface area contributed by atoms with E-state index in [0.29, 0.717) is 5.56 Å². The molecule has 5 nitrogen and oxygen atoms in total. The van der Waals surface area contributed by atoms with E-state index in [1.807, 2.05) is 0 Å². The lowest BCUT2D eigenvalue weighted by molar-refractivity contribution is -0.147. The summed E-state index contributed by atoms with van der Waals surface area (Å²) in [5.74, 6) is -1.37. The lowest BCUT2D eigenvalue weighted by Gasteiger charge is -2.11. The quantitative estimate of drug-likeness (QED) is 0.582. The van der Waals surface area contributed by atoms with E-state index in [2.05, 4.69) is 6.58 Å². The second-order valence-electron chi connectivity index (χ2n) is 3.45. The molecule has 1 N–H and O–H groups in total. The van der Waals surface area contributed by atoms with E-state index in [4.69, 9.17) is 14.3 Å². The van der Waals surface area contributed by atoms with Crippen LogP contribution in [-0.2, 0) is 14.3 Å². The first kappa shape index (κ1) is 13.0. The van der Waals surface area contributed by atoms with Crippen LogP contribution in [0.3, 0.4) is 0 Å². The molecule has 92 valence electrons. The first-order valence-electron chi connectivity index (χ1n) is 5.19. The van der Waals surface area contributed by atoms with Gasteiger partial charge in [-0.15, -0.1) is 0 Å². The minimum Gasteiger partial charge on any atom is -0.481 e. The molecule has 0 fully saturated rings. The van der Waals surface area contributed by atoms with Gasteiger partial charge in [0.05, 0.1) is 12.5 Å². The number of hydrogen-bond acceptors (Lipinski definition) is 4. The van der Waals surface area contributed by atoms with E-state index in [1.165, 1.54) is 18.6 Å². The van der Waals surface area contributed by atoms with E-state index in [1.54, 1.807) is 6.07 Å². The van der Waals surface area contributed by atoms with Crippen LogP contribution >= 0.6 is 0 Å². The fourth-order valence-corrected chi connectivity index (χ4v) is 1.27. The highest BCUT2D eigenvalue weighted by molar-refractivity contribution is 5.71. The molecule has 0 unspecified atom stereocenters. The van der Waals surface area contributed by atoms with Crippen LogP contribution in [0.5, 0.6) is 0 Å². The number of carboxylic acid groups (broad SMARTS) is 1. The summed E-state index contributed by atoms with van der Waals surface area (Å²) in [7, 11) is 0. The molecular weight excluding hydrogens is 224 g/mol. The molecule has 1 aromatic rings. The molecule has 0 saturated heterocycles. The maximum absolute atomic E-state index is 11.4. The van der Waals surface area contributed by atoms with Gasteiger partial charge in [-0.25, -0.2) is 0 Å². The Morgan fingerprint density at radius 3 is 2.82 bits per heavy atom. The largest absolute Gasteiger partial charge is 0.481 e. The number of carbonyl (C=O) groups is 2. The number of rotatable bonds is 7. The van der Waals surface area contributed by atoms with E-state index < -0.39 is 18.0 Å². The standard InChI is InChI=1S/C12H14O5/c1-2-10(9-6-7-16-8-9)17-12(15)5-3-4-11(13)14/h2,6-8,10H,1,3-5H2,(H,13,14)/t10-/m1/s1. The van der Waals surface area contributed by atoms with Gasteiger partial charge in [0.1, 0.15) is 6.10 Å². The molecule has 17 heavy (non-hydrogen) atoms. The monoisotopic (exact) mass is 238 g/mol.